The van der Waals surface area contributed by atoms with Crippen molar-refractivity contribution in [2.45, 2.75) is 39.0 Å². The highest BCUT2D eigenvalue weighted by Crippen LogP contribution is 2.45. The van der Waals surface area contributed by atoms with Crippen molar-refractivity contribution in [3.8, 4) is 11.5 Å². The fourth-order valence-electron chi connectivity index (χ4n) is 3.65. The second-order valence-corrected chi connectivity index (χ2v) is 7.70. The van der Waals surface area contributed by atoms with Crippen LogP contribution in [0.15, 0.2) is 47.6 Å². The summed E-state index contributed by atoms with van der Waals surface area (Å²) >= 11 is 6.25. The van der Waals surface area contributed by atoms with Gasteiger partial charge in [-0.25, -0.2) is 0 Å². The van der Waals surface area contributed by atoms with Crippen LogP contribution in [0, 0.1) is 5.92 Å². The van der Waals surface area contributed by atoms with Gasteiger partial charge in [0.05, 0.1) is 18.9 Å². The zero-order valence-electron chi connectivity index (χ0n) is 15.3. The van der Waals surface area contributed by atoms with E-state index in [0.717, 1.165) is 46.2 Å². The topological polar surface area (TPSA) is 34.1 Å². The molecule has 4 rings (SSSR count). The summed E-state index contributed by atoms with van der Waals surface area (Å²) in [6.45, 7) is 4.42. The van der Waals surface area contributed by atoms with Gasteiger partial charge in [0.2, 0.25) is 0 Å². The third kappa shape index (κ3) is 3.14. The predicted molar refractivity (Wildman–Crippen MR) is 104 cm³/mol. The van der Waals surface area contributed by atoms with E-state index in [2.05, 4.69) is 31.0 Å². The summed E-state index contributed by atoms with van der Waals surface area (Å²) in [5.74, 6) is 2.30. The first-order valence-corrected chi connectivity index (χ1v) is 9.39. The van der Waals surface area contributed by atoms with Crippen LogP contribution in [-0.2, 0) is 0 Å². The van der Waals surface area contributed by atoms with Crippen LogP contribution in [0.25, 0.3) is 0 Å². The van der Waals surface area contributed by atoms with Crippen LogP contribution in [0.4, 0.5) is 0 Å². The lowest BCUT2D eigenvalue weighted by Crippen LogP contribution is -2.41. The number of rotatable bonds is 4. The molecule has 2 heterocycles. The number of hydrogen-bond donors (Lipinski definition) is 0. The van der Waals surface area contributed by atoms with E-state index in [9.17, 15) is 0 Å². The Morgan fingerprint density at radius 3 is 2.69 bits per heavy atom. The summed E-state index contributed by atoms with van der Waals surface area (Å²) in [5.41, 5.74) is 3.31. The fraction of sp³-hybridized carbons (Fsp3) is 0.381. The van der Waals surface area contributed by atoms with E-state index in [4.69, 9.17) is 26.2 Å². The van der Waals surface area contributed by atoms with Crippen molar-refractivity contribution in [3.63, 3.8) is 0 Å². The third-order valence-corrected chi connectivity index (χ3v) is 5.16. The molecule has 0 saturated carbocycles. The molecule has 4 nitrogen and oxygen atoms in total. The Balaban J connectivity index is 1.70. The Labute approximate surface area is 159 Å². The molecule has 0 N–H and O–H groups in total. The second-order valence-electron chi connectivity index (χ2n) is 7.26. The molecule has 0 aromatic heterocycles. The number of benzene rings is 2. The molecule has 0 aliphatic carbocycles. The SMILES string of the molecule is COc1ccc(C2=NN3C(CC(C)C)Oc4ccc(Cl)cc4C3C2)cc1. The van der Waals surface area contributed by atoms with Crippen LogP contribution >= 0.6 is 11.6 Å². The summed E-state index contributed by atoms with van der Waals surface area (Å²) in [6.07, 6.45) is 1.72. The highest BCUT2D eigenvalue weighted by Gasteiger charge is 2.40. The summed E-state index contributed by atoms with van der Waals surface area (Å²) in [5, 5.41) is 7.79. The molecule has 136 valence electrons. The molecule has 2 unspecified atom stereocenters. The molecule has 2 atom stereocenters. The molecule has 0 radical (unpaired) electrons. The van der Waals surface area contributed by atoms with Crippen molar-refractivity contribution in [2.75, 3.05) is 7.11 Å². The summed E-state index contributed by atoms with van der Waals surface area (Å²) in [7, 11) is 1.68. The van der Waals surface area contributed by atoms with Crippen molar-refractivity contribution < 1.29 is 9.47 Å². The molecule has 0 spiro atoms. The molecule has 2 aliphatic rings. The molecule has 2 aliphatic heterocycles. The van der Waals surface area contributed by atoms with Crippen LogP contribution in [0.5, 0.6) is 11.5 Å². The summed E-state index contributed by atoms with van der Waals surface area (Å²) in [6, 6.07) is 14.1. The maximum absolute atomic E-state index is 6.27. The first-order valence-electron chi connectivity index (χ1n) is 9.01. The average molecular weight is 371 g/mol. The van der Waals surface area contributed by atoms with Gasteiger partial charge in [0.15, 0.2) is 6.23 Å². The number of ether oxygens (including phenoxy) is 2. The van der Waals surface area contributed by atoms with Crippen molar-refractivity contribution in [1.82, 2.24) is 5.01 Å². The first kappa shape index (κ1) is 17.2. The number of methoxy groups -OCH3 is 1. The van der Waals surface area contributed by atoms with Gasteiger partial charge in [-0.05, 0) is 53.9 Å². The van der Waals surface area contributed by atoms with Crippen molar-refractivity contribution in [1.29, 1.82) is 0 Å². The minimum absolute atomic E-state index is 0.0515. The van der Waals surface area contributed by atoms with Gasteiger partial charge in [0, 0.05) is 23.4 Å². The van der Waals surface area contributed by atoms with E-state index in [-0.39, 0.29) is 12.3 Å². The molecular weight excluding hydrogens is 348 g/mol. The Hall–Kier alpha value is -2.20. The number of fused-ring (bicyclic) bond motifs is 3. The third-order valence-electron chi connectivity index (χ3n) is 4.93. The second kappa shape index (κ2) is 6.84. The quantitative estimate of drug-likeness (QED) is 0.735. The van der Waals surface area contributed by atoms with Crippen LogP contribution in [0.2, 0.25) is 5.02 Å². The van der Waals surface area contributed by atoms with E-state index in [1.165, 1.54) is 0 Å². The van der Waals surface area contributed by atoms with E-state index in [1.807, 2.05) is 30.3 Å². The summed E-state index contributed by atoms with van der Waals surface area (Å²) in [4.78, 5) is 0. The van der Waals surface area contributed by atoms with Gasteiger partial charge in [0.1, 0.15) is 11.5 Å². The van der Waals surface area contributed by atoms with Gasteiger partial charge >= 0.3 is 0 Å². The first-order chi connectivity index (χ1) is 12.5. The lowest BCUT2D eigenvalue weighted by molar-refractivity contribution is -0.0291. The van der Waals surface area contributed by atoms with Gasteiger partial charge in [0.25, 0.3) is 0 Å². The van der Waals surface area contributed by atoms with Gasteiger partial charge in [-0.15, -0.1) is 0 Å². The highest BCUT2D eigenvalue weighted by molar-refractivity contribution is 6.30. The molecular formula is C21H23ClN2O2. The zero-order valence-corrected chi connectivity index (χ0v) is 16.0. The van der Waals surface area contributed by atoms with Gasteiger partial charge in [-0.1, -0.05) is 25.4 Å². The Kier molecular flexibility index (Phi) is 4.53. The number of hydrogen-bond acceptors (Lipinski definition) is 4. The highest BCUT2D eigenvalue weighted by atomic mass is 35.5. The van der Waals surface area contributed by atoms with Crippen molar-refractivity contribution in [3.05, 3.63) is 58.6 Å². The average Bonchev–Trinajstić information content (AvgIpc) is 3.08. The van der Waals surface area contributed by atoms with Crippen LogP contribution in [-0.4, -0.2) is 24.1 Å². The van der Waals surface area contributed by atoms with Crippen molar-refractivity contribution >= 4 is 17.3 Å². The van der Waals surface area contributed by atoms with Crippen LogP contribution in [0.1, 0.15) is 43.9 Å². The summed E-state index contributed by atoms with van der Waals surface area (Å²) < 4.78 is 11.5. The number of halogens is 1. The molecule has 5 heteroatoms. The standard InChI is InChI=1S/C21H23ClN2O2/c1-13(2)10-21-24-19(17-11-15(22)6-9-20(17)26-21)12-18(23-24)14-4-7-16(25-3)8-5-14/h4-9,11,13,19,21H,10,12H2,1-3H3. The van der Waals surface area contributed by atoms with E-state index in [1.54, 1.807) is 7.11 Å². The normalized spacial score (nSPS) is 21.1. The predicted octanol–water partition coefficient (Wildman–Crippen LogP) is 5.26. The van der Waals surface area contributed by atoms with Crippen molar-refractivity contribution in [2.24, 2.45) is 11.0 Å². The smallest absolute Gasteiger partial charge is 0.188 e. The zero-order chi connectivity index (χ0) is 18.3. The fourth-order valence-corrected chi connectivity index (χ4v) is 3.83. The Morgan fingerprint density at radius 1 is 1.23 bits per heavy atom. The monoisotopic (exact) mass is 370 g/mol. The number of hydrazone groups is 1. The number of nitrogens with zero attached hydrogens (tertiary/aromatic N) is 2. The molecule has 26 heavy (non-hydrogen) atoms. The van der Waals surface area contributed by atoms with Crippen LogP contribution < -0.4 is 9.47 Å². The van der Waals surface area contributed by atoms with E-state index >= 15 is 0 Å². The molecule has 0 saturated heterocycles. The van der Waals surface area contributed by atoms with E-state index < -0.39 is 0 Å². The minimum atomic E-state index is -0.0515. The van der Waals surface area contributed by atoms with Gasteiger partial charge < -0.3 is 9.47 Å². The molecule has 2 aromatic carbocycles. The lowest BCUT2D eigenvalue weighted by Gasteiger charge is -2.38. The maximum Gasteiger partial charge on any atom is 0.188 e. The molecule has 2 aromatic rings. The molecule has 0 bridgehead atoms. The Morgan fingerprint density at radius 2 is 2.00 bits per heavy atom. The van der Waals surface area contributed by atoms with Gasteiger partial charge in [-0.2, -0.15) is 5.10 Å². The van der Waals surface area contributed by atoms with E-state index in [0.29, 0.717) is 5.92 Å². The minimum Gasteiger partial charge on any atom is -0.497 e. The maximum atomic E-state index is 6.27. The largest absolute Gasteiger partial charge is 0.497 e. The van der Waals surface area contributed by atoms with Crippen LogP contribution in [0.3, 0.4) is 0 Å². The molecule has 0 amide bonds. The molecule has 0 fully saturated rings. The Bertz CT molecular complexity index is 832. The lowest BCUT2D eigenvalue weighted by atomic mass is 9.95. The van der Waals surface area contributed by atoms with Gasteiger partial charge in [-0.3, -0.25) is 5.01 Å².